The van der Waals surface area contributed by atoms with Gasteiger partial charge in [-0.1, -0.05) is 45.7 Å². The van der Waals surface area contributed by atoms with Crippen molar-refractivity contribution in [2.24, 2.45) is 5.10 Å². The largest absolute Gasteiger partial charge is 0.493 e. The van der Waals surface area contributed by atoms with Gasteiger partial charge in [0, 0.05) is 32.6 Å². The summed E-state index contributed by atoms with van der Waals surface area (Å²) in [5.74, 6) is -0.0380. The SMILES string of the molecule is COc1ccc([C@@H]2Oc3ccc(Br)cc3[C@H]3CC(c4ccccc4Cl)=NN32)c(C(=O)O)c1OC. The van der Waals surface area contributed by atoms with E-state index in [1.54, 1.807) is 17.1 Å². The Bertz CT molecular complexity index is 1330. The number of carboxylic acids is 1. The average molecular weight is 544 g/mol. The van der Waals surface area contributed by atoms with Crippen molar-refractivity contribution in [3.05, 3.63) is 86.3 Å². The summed E-state index contributed by atoms with van der Waals surface area (Å²) < 4.78 is 18.0. The lowest BCUT2D eigenvalue weighted by molar-refractivity contribution is -0.0199. The third-order valence-corrected chi connectivity index (χ3v) is 6.82. The van der Waals surface area contributed by atoms with Gasteiger partial charge in [0.15, 0.2) is 11.5 Å². The second kappa shape index (κ2) is 8.85. The summed E-state index contributed by atoms with van der Waals surface area (Å²) in [5, 5.41) is 17.4. The molecule has 0 spiro atoms. The maximum atomic E-state index is 12.4. The fourth-order valence-electron chi connectivity index (χ4n) is 4.49. The van der Waals surface area contributed by atoms with E-state index in [0.29, 0.717) is 28.5 Å². The smallest absolute Gasteiger partial charge is 0.340 e. The van der Waals surface area contributed by atoms with Gasteiger partial charge in [0.05, 0.1) is 26.0 Å². The topological polar surface area (TPSA) is 80.6 Å². The van der Waals surface area contributed by atoms with Crippen molar-refractivity contribution in [3.63, 3.8) is 0 Å². The first-order valence-electron chi connectivity index (χ1n) is 10.5. The number of hydrogen-bond donors (Lipinski definition) is 1. The summed E-state index contributed by atoms with van der Waals surface area (Å²) in [5.41, 5.74) is 2.96. The molecule has 174 valence electrons. The Kier molecular flexibility index (Phi) is 5.87. The van der Waals surface area contributed by atoms with Crippen LogP contribution in [0.25, 0.3) is 0 Å². The highest BCUT2D eigenvalue weighted by atomic mass is 79.9. The fraction of sp³-hybridized carbons (Fsp3) is 0.200. The molecule has 0 unspecified atom stereocenters. The molecule has 2 aliphatic rings. The van der Waals surface area contributed by atoms with Gasteiger partial charge >= 0.3 is 5.97 Å². The van der Waals surface area contributed by atoms with Gasteiger partial charge in [-0.3, -0.25) is 0 Å². The van der Waals surface area contributed by atoms with Crippen LogP contribution < -0.4 is 14.2 Å². The maximum absolute atomic E-state index is 12.4. The van der Waals surface area contributed by atoms with Crippen LogP contribution in [0.5, 0.6) is 17.2 Å². The molecule has 0 aromatic heterocycles. The van der Waals surface area contributed by atoms with Crippen LogP contribution in [0.1, 0.15) is 45.7 Å². The summed E-state index contributed by atoms with van der Waals surface area (Å²) in [7, 11) is 2.87. The molecule has 0 bridgehead atoms. The number of benzene rings is 3. The van der Waals surface area contributed by atoms with Crippen LogP contribution in [-0.2, 0) is 0 Å². The third-order valence-electron chi connectivity index (χ3n) is 5.99. The van der Waals surface area contributed by atoms with Crippen LogP contribution >= 0.6 is 27.5 Å². The minimum Gasteiger partial charge on any atom is -0.493 e. The standard InChI is InChI=1S/C25H20BrClN2O5/c1-32-21-10-8-15(22(25(30)31)23(21)33-2)24-29-19(16-11-13(26)7-9-20(16)34-24)12-18(28-29)14-5-3-4-6-17(14)27/h3-11,19,24H,12H2,1-2H3,(H,30,31)/t19-,24+/m1/s1. The number of nitrogens with zero attached hydrogens (tertiary/aromatic N) is 2. The first-order valence-corrected chi connectivity index (χ1v) is 11.6. The lowest BCUT2D eigenvalue weighted by atomic mass is 9.95. The molecule has 9 heteroatoms. The predicted molar refractivity (Wildman–Crippen MR) is 131 cm³/mol. The molecule has 0 saturated heterocycles. The highest BCUT2D eigenvalue weighted by Crippen LogP contribution is 2.50. The van der Waals surface area contributed by atoms with E-state index in [-0.39, 0.29) is 17.4 Å². The molecular weight excluding hydrogens is 524 g/mol. The number of ether oxygens (including phenoxy) is 3. The van der Waals surface area contributed by atoms with E-state index in [1.807, 2.05) is 42.5 Å². The number of hydrazone groups is 1. The van der Waals surface area contributed by atoms with E-state index >= 15 is 0 Å². The Morgan fingerprint density at radius 2 is 1.94 bits per heavy atom. The second-order valence-corrected chi connectivity index (χ2v) is 9.17. The summed E-state index contributed by atoms with van der Waals surface area (Å²) in [6.45, 7) is 0. The Morgan fingerprint density at radius 3 is 2.65 bits per heavy atom. The molecule has 0 radical (unpaired) electrons. The third kappa shape index (κ3) is 3.67. The van der Waals surface area contributed by atoms with Crippen LogP contribution in [0.3, 0.4) is 0 Å². The van der Waals surface area contributed by atoms with E-state index in [1.165, 1.54) is 14.2 Å². The van der Waals surface area contributed by atoms with Crippen LogP contribution in [0.2, 0.25) is 5.02 Å². The van der Waals surface area contributed by atoms with Gasteiger partial charge in [0.25, 0.3) is 0 Å². The van der Waals surface area contributed by atoms with E-state index in [4.69, 9.17) is 30.9 Å². The first-order chi connectivity index (χ1) is 16.4. The van der Waals surface area contributed by atoms with Crippen molar-refractivity contribution in [1.82, 2.24) is 5.01 Å². The summed E-state index contributed by atoms with van der Waals surface area (Å²) in [6.07, 6.45) is -0.215. The van der Waals surface area contributed by atoms with Crippen molar-refractivity contribution < 1.29 is 24.1 Å². The van der Waals surface area contributed by atoms with Crippen molar-refractivity contribution in [1.29, 1.82) is 0 Å². The summed E-state index contributed by atoms with van der Waals surface area (Å²) in [4.78, 5) is 12.4. The van der Waals surface area contributed by atoms with Gasteiger partial charge in [-0.25, -0.2) is 9.80 Å². The van der Waals surface area contributed by atoms with Crippen molar-refractivity contribution in [2.45, 2.75) is 18.7 Å². The number of methoxy groups -OCH3 is 2. The Morgan fingerprint density at radius 1 is 1.15 bits per heavy atom. The molecule has 0 aliphatic carbocycles. The molecule has 3 aromatic rings. The molecular formula is C25H20BrClN2O5. The predicted octanol–water partition coefficient (Wildman–Crippen LogP) is 6.06. The molecule has 34 heavy (non-hydrogen) atoms. The lowest BCUT2D eigenvalue weighted by Gasteiger charge is -2.38. The van der Waals surface area contributed by atoms with Gasteiger partial charge in [-0.05, 0) is 36.4 Å². The van der Waals surface area contributed by atoms with Gasteiger partial charge in [-0.15, -0.1) is 0 Å². The number of halogens is 2. The van der Waals surface area contributed by atoms with Gasteiger partial charge < -0.3 is 19.3 Å². The number of carbonyl (C=O) groups is 1. The molecule has 5 rings (SSSR count). The Labute approximate surface area is 209 Å². The Hall–Kier alpha value is -3.23. The zero-order valence-electron chi connectivity index (χ0n) is 18.3. The van der Waals surface area contributed by atoms with Gasteiger partial charge in [0.1, 0.15) is 11.3 Å². The molecule has 2 aliphatic heterocycles. The van der Waals surface area contributed by atoms with Crippen LogP contribution in [0, 0.1) is 0 Å². The van der Waals surface area contributed by atoms with E-state index in [9.17, 15) is 9.90 Å². The maximum Gasteiger partial charge on any atom is 0.340 e. The van der Waals surface area contributed by atoms with Crippen molar-refractivity contribution >= 4 is 39.2 Å². The molecule has 2 atom stereocenters. The molecule has 0 fully saturated rings. The highest BCUT2D eigenvalue weighted by molar-refractivity contribution is 9.10. The van der Waals surface area contributed by atoms with E-state index in [2.05, 4.69) is 15.9 Å². The summed E-state index contributed by atoms with van der Waals surface area (Å²) in [6, 6.07) is 16.5. The second-order valence-electron chi connectivity index (χ2n) is 7.85. The lowest BCUT2D eigenvalue weighted by Crippen LogP contribution is -2.34. The monoisotopic (exact) mass is 542 g/mol. The Balaban J connectivity index is 1.70. The quantitative estimate of drug-likeness (QED) is 0.421. The number of hydrogen-bond acceptors (Lipinski definition) is 6. The molecule has 7 nitrogen and oxygen atoms in total. The number of fused-ring (bicyclic) bond motifs is 3. The zero-order valence-corrected chi connectivity index (χ0v) is 20.6. The minimum atomic E-state index is -1.15. The highest BCUT2D eigenvalue weighted by Gasteiger charge is 2.43. The molecule has 0 saturated carbocycles. The number of aromatic carboxylic acids is 1. The summed E-state index contributed by atoms with van der Waals surface area (Å²) >= 11 is 10.0. The zero-order chi connectivity index (χ0) is 24.0. The molecule has 0 amide bonds. The van der Waals surface area contributed by atoms with Gasteiger partial charge in [0.2, 0.25) is 6.23 Å². The molecule has 3 aromatic carbocycles. The van der Waals surface area contributed by atoms with Crippen LogP contribution in [-0.4, -0.2) is 36.0 Å². The number of rotatable bonds is 5. The van der Waals surface area contributed by atoms with Gasteiger partial charge in [-0.2, -0.15) is 5.10 Å². The van der Waals surface area contributed by atoms with Crippen LogP contribution in [0.15, 0.2) is 64.2 Å². The van der Waals surface area contributed by atoms with Crippen LogP contribution in [0.4, 0.5) is 0 Å². The first kappa shape index (κ1) is 22.6. The molecule has 1 N–H and O–H groups in total. The average Bonchev–Trinajstić information content (AvgIpc) is 3.28. The van der Waals surface area contributed by atoms with E-state index in [0.717, 1.165) is 21.3 Å². The van der Waals surface area contributed by atoms with E-state index < -0.39 is 12.2 Å². The van der Waals surface area contributed by atoms with Crippen molar-refractivity contribution in [2.75, 3.05) is 14.2 Å². The van der Waals surface area contributed by atoms with Crippen molar-refractivity contribution in [3.8, 4) is 17.2 Å². The number of carboxylic acid groups (broad SMARTS) is 1. The fourth-order valence-corrected chi connectivity index (χ4v) is 5.11. The molecule has 2 heterocycles. The normalized spacial score (nSPS) is 18.5. The minimum absolute atomic E-state index is 0.0347.